The Balaban J connectivity index is 1.44. The first-order chi connectivity index (χ1) is 19.1. The van der Waals surface area contributed by atoms with Gasteiger partial charge < -0.3 is 5.73 Å². The number of sulfonamides is 1. The zero-order valence-corrected chi connectivity index (χ0v) is 23.8. The van der Waals surface area contributed by atoms with Crippen molar-refractivity contribution in [1.29, 1.82) is 0 Å². The van der Waals surface area contributed by atoms with Gasteiger partial charge >= 0.3 is 0 Å². The van der Waals surface area contributed by atoms with E-state index in [9.17, 15) is 8.42 Å². The highest BCUT2D eigenvalue weighted by Crippen LogP contribution is 2.49. The van der Waals surface area contributed by atoms with Crippen molar-refractivity contribution in [3.63, 3.8) is 0 Å². The van der Waals surface area contributed by atoms with Gasteiger partial charge in [0.2, 0.25) is 10.0 Å². The second-order valence-corrected chi connectivity index (χ2v) is 13.3. The number of rotatable bonds is 6. The van der Waals surface area contributed by atoms with E-state index in [4.69, 9.17) is 22.5 Å². The van der Waals surface area contributed by atoms with Crippen LogP contribution in [0.2, 0.25) is 5.02 Å². The lowest BCUT2D eigenvalue weighted by molar-refractivity contribution is 0.143. The van der Waals surface area contributed by atoms with Crippen LogP contribution in [0.15, 0.2) is 66.0 Å². The summed E-state index contributed by atoms with van der Waals surface area (Å²) in [6.45, 7) is 2.05. The predicted octanol–water partition coefficient (Wildman–Crippen LogP) is 5.00. The number of benzene rings is 2. The molecule has 2 aromatic carbocycles. The molecule has 5 N–H and O–H groups in total. The van der Waals surface area contributed by atoms with Gasteiger partial charge in [0.15, 0.2) is 5.79 Å². The summed E-state index contributed by atoms with van der Waals surface area (Å²) in [6.07, 6.45) is 13.2. The standard InChI is InChI=1S/C30H33ClFN5O2S/c1-2-17-8-21(9-22-15-35-16-36-29(17)22)26-5-3-4-25(18-6-7-28(27(31)14-18)40(34,38)39)30(26,32)37-24-12-19-10-23(33)11-20(19)13-24/h3-9,14-16,19-20,23-25,37H,2,10-13,33H2,1H3,(H2,34,38,39). The highest BCUT2D eigenvalue weighted by Gasteiger charge is 2.49. The Morgan fingerprint density at radius 1 is 1.15 bits per heavy atom. The molecule has 4 atom stereocenters. The maximum absolute atomic E-state index is 18.0. The van der Waals surface area contributed by atoms with Gasteiger partial charge in [0.05, 0.1) is 16.5 Å². The Kier molecular flexibility index (Phi) is 7.07. The normalized spacial score (nSPS) is 30.0. The second kappa shape index (κ2) is 10.3. The monoisotopic (exact) mass is 581 g/mol. The number of primary sulfonamides is 1. The summed E-state index contributed by atoms with van der Waals surface area (Å²) in [7, 11) is -4.02. The maximum Gasteiger partial charge on any atom is 0.239 e. The predicted molar refractivity (Wildman–Crippen MR) is 156 cm³/mol. The molecule has 10 heteroatoms. The van der Waals surface area contributed by atoms with Crippen molar-refractivity contribution in [1.82, 2.24) is 15.3 Å². The molecule has 3 aliphatic carbocycles. The second-order valence-electron chi connectivity index (χ2n) is 11.4. The van der Waals surface area contributed by atoms with Crippen LogP contribution in [0, 0.1) is 11.8 Å². The minimum atomic E-state index is -4.02. The van der Waals surface area contributed by atoms with E-state index in [1.807, 2.05) is 24.3 Å². The number of nitrogens with one attached hydrogen (secondary N) is 1. The number of nitrogens with zero attached hydrogens (tertiary/aromatic N) is 2. The van der Waals surface area contributed by atoms with E-state index in [1.54, 1.807) is 18.3 Å². The Hall–Kier alpha value is -2.69. The van der Waals surface area contributed by atoms with Crippen molar-refractivity contribution in [2.45, 2.75) is 67.7 Å². The Labute approximate surface area is 239 Å². The molecule has 0 radical (unpaired) electrons. The molecular formula is C30H33ClFN5O2S. The first kappa shape index (κ1) is 27.5. The lowest BCUT2D eigenvalue weighted by Gasteiger charge is -2.40. The molecule has 0 bridgehead atoms. The summed E-state index contributed by atoms with van der Waals surface area (Å²) in [5, 5.41) is 9.58. The van der Waals surface area contributed by atoms with E-state index in [2.05, 4.69) is 22.2 Å². The molecule has 3 aromatic rings. The molecule has 0 amide bonds. The van der Waals surface area contributed by atoms with Crippen LogP contribution < -0.4 is 16.2 Å². The van der Waals surface area contributed by atoms with Crippen molar-refractivity contribution in [2.24, 2.45) is 22.7 Å². The Bertz CT molecular complexity index is 1630. The van der Waals surface area contributed by atoms with Crippen molar-refractivity contribution in [3.8, 4) is 0 Å². The lowest BCUT2D eigenvalue weighted by Crippen LogP contribution is -2.51. The largest absolute Gasteiger partial charge is 0.328 e. The minimum Gasteiger partial charge on any atom is -0.328 e. The third kappa shape index (κ3) is 4.88. The summed E-state index contributed by atoms with van der Waals surface area (Å²) >= 11 is 6.37. The number of aromatic nitrogens is 2. The first-order valence-corrected chi connectivity index (χ1v) is 15.7. The number of nitrogens with two attached hydrogens (primary N) is 2. The van der Waals surface area contributed by atoms with Crippen LogP contribution in [0.3, 0.4) is 0 Å². The molecule has 1 aromatic heterocycles. The molecule has 7 nitrogen and oxygen atoms in total. The fraction of sp³-hybridized carbons (Fsp3) is 0.400. The molecule has 2 saturated carbocycles. The van der Waals surface area contributed by atoms with Gasteiger partial charge in [-0.05, 0) is 84.9 Å². The molecule has 0 saturated heterocycles. The van der Waals surface area contributed by atoms with Crippen LogP contribution in [-0.4, -0.2) is 36.3 Å². The molecule has 2 fully saturated rings. The van der Waals surface area contributed by atoms with Crippen molar-refractivity contribution >= 4 is 38.1 Å². The SMILES string of the molecule is CCc1cc(C2=CC=CC(c3ccc(S(N)(=O)=O)c(Cl)c3)C2(F)NC2CC3CC(N)CC3C2)cc2cncnc12. The molecule has 3 aliphatic rings. The number of allylic oxidation sites excluding steroid dienone is 2. The summed E-state index contributed by atoms with van der Waals surface area (Å²) in [5.74, 6) is -1.78. The number of fused-ring (bicyclic) bond motifs is 2. The van der Waals surface area contributed by atoms with Crippen LogP contribution in [0.5, 0.6) is 0 Å². The molecule has 40 heavy (non-hydrogen) atoms. The molecule has 1 heterocycles. The van der Waals surface area contributed by atoms with E-state index < -0.39 is 21.7 Å². The summed E-state index contributed by atoms with van der Waals surface area (Å²) in [4.78, 5) is 8.47. The van der Waals surface area contributed by atoms with Crippen LogP contribution in [0.25, 0.3) is 16.5 Å². The number of hydrogen-bond donors (Lipinski definition) is 3. The average Bonchev–Trinajstić information content (AvgIpc) is 3.43. The highest BCUT2D eigenvalue weighted by molar-refractivity contribution is 7.89. The number of alkyl halides is 1. The van der Waals surface area contributed by atoms with Crippen LogP contribution in [0.1, 0.15) is 55.2 Å². The first-order valence-electron chi connectivity index (χ1n) is 13.7. The molecule has 6 rings (SSSR count). The van der Waals surface area contributed by atoms with Crippen LogP contribution in [0.4, 0.5) is 4.39 Å². The van der Waals surface area contributed by atoms with E-state index in [0.29, 0.717) is 23.0 Å². The number of halogens is 2. The topological polar surface area (TPSA) is 124 Å². The highest BCUT2D eigenvalue weighted by atomic mass is 35.5. The van der Waals surface area contributed by atoms with E-state index >= 15 is 4.39 Å². The van der Waals surface area contributed by atoms with Crippen molar-refractivity contribution < 1.29 is 12.8 Å². The van der Waals surface area contributed by atoms with Crippen LogP contribution >= 0.6 is 11.6 Å². The maximum atomic E-state index is 18.0. The van der Waals surface area contributed by atoms with E-state index in [-0.39, 0.29) is 22.0 Å². The lowest BCUT2D eigenvalue weighted by atomic mass is 9.77. The van der Waals surface area contributed by atoms with Gasteiger partial charge in [-0.2, -0.15) is 0 Å². The summed E-state index contributed by atoms with van der Waals surface area (Å²) in [5.41, 5.74) is 9.88. The van der Waals surface area contributed by atoms with Crippen LogP contribution in [-0.2, 0) is 16.4 Å². The fourth-order valence-corrected chi connectivity index (χ4v) is 8.22. The molecule has 4 unspecified atom stereocenters. The summed E-state index contributed by atoms with van der Waals surface area (Å²) < 4.78 is 42.0. The van der Waals surface area contributed by atoms with Gasteiger partial charge in [0.1, 0.15) is 11.2 Å². The van der Waals surface area contributed by atoms with Gasteiger partial charge in [0.25, 0.3) is 0 Å². The molecule has 210 valence electrons. The minimum absolute atomic E-state index is 0.0292. The molecular weight excluding hydrogens is 549 g/mol. The third-order valence-corrected chi connectivity index (χ3v) is 10.2. The summed E-state index contributed by atoms with van der Waals surface area (Å²) in [6, 6.07) is 8.58. The van der Waals surface area contributed by atoms with Gasteiger partial charge in [-0.1, -0.05) is 42.8 Å². The van der Waals surface area contributed by atoms with E-state index in [0.717, 1.165) is 54.1 Å². The van der Waals surface area contributed by atoms with Gasteiger partial charge in [-0.25, -0.2) is 27.9 Å². The smallest absolute Gasteiger partial charge is 0.239 e. The van der Waals surface area contributed by atoms with Gasteiger partial charge in [0, 0.05) is 29.2 Å². The zero-order valence-electron chi connectivity index (χ0n) is 22.2. The zero-order chi connectivity index (χ0) is 28.2. The molecule has 0 spiro atoms. The number of aryl methyl sites for hydroxylation is 1. The quantitative estimate of drug-likeness (QED) is 0.352. The average molecular weight is 582 g/mol. The Morgan fingerprint density at radius 2 is 1.90 bits per heavy atom. The van der Waals surface area contributed by atoms with E-state index in [1.165, 1.54) is 18.5 Å². The van der Waals surface area contributed by atoms with Gasteiger partial charge in [-0.3, -0.25) is 5.32 Å². The van der Waals surface area contributed by atoms with Crippen molar-refractivity contribution in [3.05, 3.63) is 82.8 Å². The van der Waals surface area contributed by atoms with Gasteiger partial charge in [-0.15, -0.1) is 0 Å². The third-order valence-electron chi connectivity index (χ3n) is 8.85. The molecule has 0 aliphatic heterocycles. The van der Waals surface area contributed by atoms with Crippen molar-refractivity contribution in [2.75, 3.05) is 0 Å². The Morgan fingerprint density at radius 3 is 2.58 bits per heavy atom. The fourth-order valence-electron chi connectivity index (χ4n) is 7.12. The number of hydrogen-bond acceptors (Lipinski definition) is 6.